The SMILES string of the molecule is CCC(=O)N(C(=O)CC)c1c(OCc2ccccc2)cc(Br)cc1[N+](=O)[O-]. The maximum atomic E-state index is 12.4. The summed E-state index contributed by atoms with van der Waals surface area (Å²) in [6, 6.07) is 12.0. The predicted octanol–water partition coefficient (Wildman–Crippen LogP) is 4.62. The zero-order valence-electron chi connectivity index (χ0n) is 15.0. The van der Waals surface area contributed by atoms with E-state index in [2.05, 4.69) is 15.9 Å². The molecule has 0 spiro atoms. The highest BCUT2D eigenvalue weighted by Crippen LogP contribution is 2.41. The van der Waals surface area contributed by atoms with Crippen molar-refractivity contribution in [2.45, 2.75) is 33.3 Å². The Bertz CT molecular complexity index is 839. The number of nitrogens with zero attached hydrogens (tertiary/aromatic N) is 2. The molecule has 27 heavy (non-hydrogen) atoms. The van der Waals surface area contributed by atoms with Crippen LogP contribution < -0.4 is 9.64 Å². The van der Waals surface area contributed by atoms with Crippen molar-refractivity contribution >= 4 is 39.1 Å². The Hall–Kier alpha value is -2.74. The highest BCUT2D eigenvalue weighted by atomic mass is 79.9. The minimum Gasteiger partial charge on any atom is -0.486 e. The molecule has 0 saturated heterocycles. The molecule has 2 aromatic carbocycles. The Morgan fingerprint density at radius 1 is 1.11 bits per heavy atom. The number of ether oxygens (including phenoxy) is 1. The van der Waals surface area contributed by atoms with Crippen molar-refractivity contribution in [2.24, 2.45) is 0 Å². The Morgan fingerprint density at radius 2 is 1.70 bits per heavy atom. The summed E-state index contributed by atoms with van der Waals surface area (Å²) in [7, 11) is 0. The van der Waals surface area contributed by atoms with E-state index in [4.69, 9.17) is 4.74 Å². The van der Waals surface area contributed by atoms with Gasteiger partial charge in [0.15, 0.2) is 11.4 Å². The average Bonchev–Trinajstić information content (AvgIpc) is 2.67. The van der Waals surface area contributed by atoms with E-state index in [9.17, 15) is 19.7 Å². The van der Waals surface area contributed by atoms with Crippen molar-refractivity contribution < 1.29 is 19.2 Å². The van der Waals surface area contributed by atoms with Gasteiger partial charge in [-0.1, -0.05) is 60.1 Å². The molecule has 8 heteroatoms. The number of imide groups is 1. The second-order valence-corrected chi connectivity index (χ2v) is 6.55. The van der Waals surface area contributed by atoms with Crippen molar-refractivity contribution in [1.82, 2.24) is 0 Å². The molecule has 0 unspecified atom stereocenters. The van der Waals surface area contributed by atoms with Crippen LogP contribution in [0.1, 0.15) is 32.3 Å². The van der Waals surface area contributed by atoms with Gasteiger partial charge in [-0.2, -0.15) is 0 Å². The summed E-state index contributed by atoms with van der Waals surface area (Å²) in [6.07, 6.45) is 0.0498. The quantitative estimate of drug-likeness (QED) is 0.468. The van der Waals surface area contributed by atoms with E-state index in [0.717, 1.165) is 10.5 Å². The van der Waals surface area contributed by atoms with Crippen molar-refractivity contribution in [2.75, 3.05) is 4.90 Å². The van der Waals surface area contributed by atoms with Gasteiger partial charge in [-0.15, -0.1) is 0 Å². The monoisotopic (exact) mass is 434 g/mol. The van der Waals surface area contributed by atoms with E-state index in [0.29, 0.717) is 4.47 Å². The number of carbonyl (C=O) groups is 2. The molecule has 0 radical (unpaired) electrons. The van der Waals surface area contributed by atoms with Crippen LogP contribution in [-0.2, 0) is 16.2 Å². The molecule has 0 atom stereocenters. The number of nitro groups is 1. The van der Waals surface area contributed by atoms with E-state index in [1.54, 1.807) is 13.8 Å². The predicted molar refractivity (Wildman–Crippen MR) is 105 cm³/mol. The third kappa shape index (κ3) is 4.91. The zero-order chi connectivity index (χ0) is 20.0. The molecule has 0 saturated carbocycles. The van der Waals surface area contributed by atoms with E-state index >= 15 is 0 Å². The number of benzene rings is 2. The summed E-state index contributed by atoms with van der Waals surface area (Å²) < 4.78 is 6.20. The summed E-state index contributed by atoms with van der Waals surface area (Å²) in [4.78, 5) is 36.7. The van der Waals surface area contributed by atoms with Crippen LogP contribution >= 0.6 is 15.9 Å². The molecular weight excluding hydrogens is 416 g/mol. The van der Waals surface area contributed by atoms with Crippen molar-refractivity contribution in [3.8, 4) is 5.75 Å². The lowest BCUT2D eigenvalue weighted by atomic mass is 10.2. The second-order valence-electron chi connectivity index (χ2n) is 5.63. The van der Waals surface area contributed by atoms with Gasteiger partial charge in [-0.25, -0.2) is 4.90 Å². The number of rotatable bonds is 7. The molecule has 2 aromatic rings. The lowest BCUT2D eigenvalue weighted by Crippen LogP contribution is -2.36. The summed E-state index contributed by atoms with van der Waals surface area (Å²) in [5.41, 5.74) is 0.329. The largest absolute Gasteiger partial charge is 0.486 e. The first-order valence-electron chi connectivity index (χ1n) is 8.39. The fourth-order valence-corrected chi connectivity index (χ4v) is 2.90. The molecule has 0 heterocycles. The van der Waals surface area contributed by atoms with Crippen molar-refractivity contribution in [3.05, 3.63) is 62.6 Å². The first-order valence-corrected chi connectivity index (χ1v) is 9.18. The van der Waals surface area contributed by atoms with Gasteiger partial charge in [0.05, 0.1) is 4.92 Å². The van der Waals surface area contributed by atoms with Gasteiger partial charge >= 0.3 is 0 Å². The fourth-order valence-electron chi connectivity index (χ4n) is 2.47. The van der Waals surface area contributed by atoms with Crippen LogP contribution in [0.5, 0.6) is 5.75 Å². The second kappa shape index (κ2) is 9.27. The molecule has 0 fully saturated rings. The lowest BCUT2D eigenvalue weighted by molar-refractivity contribution is -0.384. The van der Waals surface area contributed by atoms with E-state index in [1.165, 1.54) is 12.1 Å². The number of amides is 2. The summed E-state index contributed by atoms with van der Waals surface area (Å²) >= 11 is 3.23. The molecule has 0 aromatic heterocycles. The molecule has 0 aliphatic rings. The Labute approximate surface area is 165 Å². The van der Waals surface area contributed by atoms with Crippen LogP contribution in [-0.4, -0.2) is 16.7 Å². The topological polar surface area (TPSA) is 89.8 Å². The van der Waals surface area contributed by atoms with Crippen LogP contribution in [0, 0.1) is 10.1 Å². The van der Waals surface area contributed by atoms with Gasteiger partial charge in [0.25, 0.3) is 5.69 Å². The van der Waals surface area contributed by atoms with Gasteiger partial charge in [0.2, 0.25) is 11.8 Å². The highest BCUT2D eigenvalue weighted by Gasteiger charge is 2.32. The molecule has 2 rings (SSSR count). The summed E-state index contributed by atoms with van der Waals surface area (Å²) in [5.74, 6) is -0.975. The molecule has 0 aliphatic heterocycles. The van der Waals surface area contributed by atoms with Gasteiger partial charge in [0.1, 0.15) is 6.61 Å². The van der Waals surface area contributed by atoms with E-state index in [-0.39, 0.29) is 36.6 Å². The normalized spacial score (nSPS) is 10.3. The first kappa shape index (κ1) is 20.6. The Balaban J connectivity index is 2.58. The molecule has 0 N–H and O–H groups in total. The van der Waals surface area contributed by atoms with E-state index in [1.807, 2.05) is 30.3 Å². The van der Waals surface area contributed by atoms with E-state index < -0.39 is 16.7 Å². The highest BCUT2D eigenvalue weighted by molar-refractivity contribution is 9.10. The molecule has 0 aliphatic carbocycles. The van der Waals surface area contributed by atoms with Crippen LogP contribution in [0.25, 0.3) is 0 Å². The lowest BCUT2D eigenvalue weighted by Gasteiger charge is -2.23. The number of hydrogen-bond donors (Lipinski definition) is 0. The standard InChI is InChI=1S/C19H19BrN2O5/c1-3-17(23)21(18(24)4-2)19-15(22(25)26)10-14(20)11-16(19)27-12-13-8-6-5-7-9-13/h5-11H,3-4,12H2,1-2H3. The molecule has 142 valence electrons. The third-order valence-corrected chi connectivity index (χ3v) is 4.24. The number of carbonyl (C=O) groups excluding carboxylic acids is 2. The van der Waals surface area contributed by atoms with Crippen molar-refractivity contribution in [3.63, 3.8) is 0 Å². The maximum absolute atomic E-state index is 12.4. The van der Waals surface area contributed by atoms with Gasteiger partial charge in [0, 0.05) is 23.4 Å². The van der Waals surface area contributed by atoms with Gasteiger partial charge < -0.3 is 4.74 Å². The number of hydrogen-bond acceptors (Lipinski definition) is 5. The number of nitro benzene ring substituents is 1. The van der Waals surface area contributed by atoms with Crippen LogP contribution in [0.15, 0.2) is 46.9 Å². The minimum absolute atomic E-state index is 0.0249. The third-order valence-electron chi connectivity index (χ3n) is 3.78. The maximum Gasteiger partial charge on any atom is 0.298 e. The number of anilines is 1. The molecule has 7 nitrogen and oxygen atoms in total. The van der Waals surface area contributed by atoms with Gasteiger partial charge in [-0.3, -0.25) is 19.7 Å². The fraction of sp³-hybridized carbons (Fsp3) is 0.263. The van der Waals surface area contributed by atoms with Crippen LogP contribution in [0.2, 0.25) is 0 Å². The Morgan fingerprint density at radius 3 is 2.22 bits per heavy atom. The summed E-state index contributed by atoms with van der Waals surface area (Å²) in [5, 5.41) is 11.6. The van der Waals surface area contributed by atoms with Gasteiger partial charge in [-0.05, 0) is 11.6 Å². The molecular formula is C19H19BrN2O5. The zero-order valence-corrected chi connectivity index (χ0v) is 16.6. The number of halogens is 1. The first-order chi connectivity index (χ1) is 12.9. The van der Waals surface area contributed by atoms with Crippen LogP contribution in [0.3, 0.4) is 0 Å². The van der Waals surface area contributed by atoms with Crippen molar-refractivity contribution in [1.29, 1.82) is 0 Å². The Kier molecular flexibility index (Phi) is 7.06. The minimum atomic E-state index is -0.631. The average molecular weight is 435 g/mol. The smallest absolute Gasteiger partial charge is 0.298 e. The molecule has 2 amide bonds. The summed E-state index contributed by atoms with van der Waals surface area (Å²) in [6.45, 7) is 3.32. The van der Waals surface area contributed by atoms with Crippen LogP contribution in [0.4, 0.5) is 11.4 Å². The molecule has 0 bridgehead atoms.